The second-order valence-corrected chi connectivity index (χ2v) is 5.26. The van der Waals surface area contributed by atoms with Gasteiger partial charge in [0.05, 0.1) is 31.7 Å². The summed E-state index contributed by atoms with van der Waals surface area (Å²) in [4.78, 5) is 22.6. The van der Waals surface area contributed by atoms with Crippen LogP contribution in [-0.4, -0.2) is 35.6 Å². The predicted octanol–water partition coefficient (Wildman–Crippen LogP) is 2.22. The normalized spacial score (nSPS) is 16.7. The summed E-state index contributed by atoms with van der Waals surface area (Å²) >= 11 is 0. The zero-order valence-corrected chi connectivity index (χ0v) is 12.7. The van der Waals surface area contributed by atoms with E-state index in [-0.39, 0.29) is 17.7 Å². The molecule has 2 aromatic rings. The monoisotopic (exact) mass is 299 g/mol. The number of anilines is 1. The highest BCUT2D eigenvalue weighted by Gasteiger charge is 2.29. The van der Waals surface area contributed by atoms with Gasteiger partial charge in [-0.05, 0) is 31.5 Å². The number of hydrogen-bond acceptors (Lipinski definition) is 5. The van der Waals surface area contributed by atoms with Gasteiger partial charge in [-0.2, -0.15) is 0 Å². The molecule has 1 atom stereocenters. The van der Waals surface area contributed by atoms with Crippen molar-refractivity contribution in [1.29, 1.82) is 0 Å². The number of rotatable bonds is 2. The van der Waals surface area contributed by atoms with Crippen molar-refractivity contribution in [3.8, 4) is 11.6 Å². The molecule has 0 saturated heterocycles. The van der Waals surface area contributed by atoms with Crippen molar-refractivity contribution in [2.45, 2.75) is 20.0 Å². The summed E-state index contributed by atoms with van der Waals surface area (Å²) in [6.45, 7) is 4.38. The minimum absolute atomic E-state index is 0.0854. The van der Waals surface area contributed by atoms with Crippen molar-refractivity contribution < 1.29 is 14.3 Å². The van der Waals surface area contributed by atoms with Crippen LogP contribution in [0.3, 0.4) is 0 Å². The van der Waals surface area contributed by atoms with E-state index in [0.29, 0.717) is 18.2 Å². The molecule has 114 valence electrons. The Morgan fingerprint density at radius 1 is 1.41 bits per heavy atom. The number of fused-ring (bicyclic) bond motifs is 1. The van der Waals surface area contributed by atoms with Gasteiger partial charge in [0, 0.05) is 0 Å². The minimum Gasteiger partial charge on any atom is -0.487 e. The van der Waals surface area contributed by atoms with Crippen LogP contribution < -0.4 is 14.4 Å². The van der Waals surface area contributed by atoms with Crippen molar-refractivity contribution >= 4 is 11.6 Å². The van der Waals surface area contributed by atoms with E-state index in [2.05, 4.69) is 9.97 Å². The molecule has 22 heavy (non-hydrogen) atoms. The molecule has 0 bridgehead atoms. The first-order valence-electron chi connectivity index (χ1n) is 7.03. The quantitative estimate of drug-likeness (QED) is 0.850. The molecule has 1 aliphatic rings. The Hall–Kier alpha value is -2.63. The standard InChI is InChI=1S/C16H17N3O3/c1-10-4-5-14-13(6-10)19(9-11(2)22-14)16(20)12-7-17-8-15(18-12)21-3/h4-8,11H,9H2,1-3H3. The van der Waals surface area contributed by atoms with Crippen molar-refractivity contribution in [1.82, 2.24) is 9.97 Å². The molecule has 1 aromatic heterocycles. The molecule has 0 aliphatic carbocycles. The van der Waals surface area contributed by atoms with Crippen LogP contribution in [-0.2, 0) is 0 Å². The lowest BCUT2D eigenvalue weighted by Gasteiger charge is -2.33. The van der Waals surface area contributed by atoms with Crippen molar-refractivity contribution in [2.24, 2.45) is 0 Å². The molecular weight excluding hydrogens is 282 g/mol. The molecule has 3 rings (SSSR count). The summed E-state index contributed by atoms with van der Waals surface area (Å²) in [5.41, 5.74) is 2.07. The summed E-state index contributed by atoms with van der Waals surface area (Å²) in [6.07, 6.45) is 2.83. The lowest BCUT2D eigenvalue weighted by atomic mass is 10.1. The van der Waals surface area contributed by atoms with Gasteiger partial charge in [-0.15, -0.1) is 0 Å². The highest BCUT2D eigenvalue weighted by molar-refractivity contribution is 6.05. The van der Waals surface area contributed by atoms with Gasteiger partial charge in [-0.25, -0.2) is 4.98 Å². The molecular formula is C16H17N3O3. The predicted molar refractivity (Wildman–Crippen MR) is 81.5 cm³/mol. The zero-order valence-electron chi connectivity index (χ0n) is 12.7. The van der Waals surface area contributed by atoms with Crippen molar-refractivity contribution in [3.63, 3.8) is 0 Å². The fourth-order valence-corrected chi connectivity index (χ4v) is 2.43. The number of methoxy groups -OCH3 is 1. The molecule has 1 aliphatic heterocycles. The molecule has 1 amide bonds. The van der Waals surface area contributed by atoms with E-state index in [1.807, 2.05) is 32.0 Å². The lowest BCUT2D eigenvalue weighted by Crippen LogP contribution is -2.42. The van der Waals surface area contributed by atoms with E-state index in [9.17, 15) is 4.79 Å². The van der Waals surface area contributed by atoms with Crippen LogP contribution in [0.25, 0.3) is 0 Å². The third kappa shape index (κ3) is 2.59. The van der Waals surface area contributed by atoms with Gasteiger partial charge in [-0.3, -0.25) is 14.7 Å². The fraction of sp³-hybridized carbons (Fsp3) is 0.312. The summed E-state index contributed by atoms with van der Waals surface area (Å²) in [6, 6.07) is 5.79. The Kier molecular flexibility index (Phi) is 3.66. The number of amides is 1. The van der Waals surface area contributed by atoms with Crippen LogP contribution in [0.15, 0.2) is 30.6 Å². The zero-order chi connectivity index (χ0) is 15.7. The number of benzene rings is 1. The fourth-order valence-electron chi connectivity index (χ4n) is 2.43. The SMILES string of the molecule is COc1cncc(C(=O)N2CC(C)Oc3ccc(C)cc32)n1. The third-order valence-corrected chi connectivity index (χ3v) is 3.46. The Labute approximate surface area is 128 Å². The van der Waals surface area contributed by atoms with Crippen LogP contribution in [0.2, 0.25) is 0 Å². The van der Waals surface area contributed by atoms with Crippen LogP contribution in [0.1, 0.15) is 23.0 Å². The van der Waals surface area contributed by atoms with Gasteiger partial charge in [0.15, 0.2) is 5.69 Å². The highest BCUT2D eigenvalue weighted by atomic mass is 16.5. The molecule has 6 nitrogen and oxygen atoms in total. The van der Waals surface area contributed by atoms with Crippen molar-refractivity contribution in [2.75, 3.05) is 18.6 Å². The van der Waals surface area contributed by atoms with Gasteiger partial charge in [0.2, 0.25) is 5.88 Å². The molecule has 0 N–H and O–H groups in total. The first-order chi connectivity index (χ1) is 10.6. The first-order valence-corrected chi connectivity index (χ1v) is 7.03. The average molecular weight is 299 g/mol. The number of aryl methyl sites for hydroxylation is 1. The van der Waals surface area contributed by atoms with Crippen LogP contribution in [0, 0.1) is 6.92 Å². The Morgan fingerprint density at radius 3 is 3.00 bits per heavy atom. The topological polar surface area (TPSA) is 64.5 Å². The maximum Gasteiger partial charge on any atom is 0.278 e. The molecule has 1 unspecified atom stereocenters. The molecule has 0 radical (unpaired) electrons. The maximum atomic E-state index is 12.8. The number of carbonyl (C=O) groups is 1. The van der Waals surface area contributed by atoms with Gasteiger partial charge in [0.25, 0.3) is 5.91 Å². The number of ether oxygens (including phenoxy) is 2. The van der Waals surface area contributed by atoms with Crippen LogP contribution in [0.5, 0.6) is 11.6 Å². The van der Waals surface area contributed by atoms with E-state index < -0.39 is 0 Å². The van der Waals surface area contributed by atoms with Gasteiger partial charge in [-0.1, -0.05) is 6.07 Å². The van der Waals surface area contributed by atoms with Gasteiger partial charge < -0.3 is 9.47 Å². The van der Waals surface area contributed by atoms with E-state index in [1.165, 1.54) is 19.5 Å². The second kappa shape index (κ2) is 5.63. The highest BCUT2D eigenvalue weighted by Crippen LogP contribution is 2.34. The van der Waals surface area contributed by atoms with E-state index in [0.717, 1.165) is 11.3 Å². The molecule has 2 heterocycles. The Balaban J connectivity index is 2.00. The second-order valence-electron chi connectivity index (χ2n) is 5.26. The van der Waals surface area contributed by atoms with E-state index in [4.69, 9.17) is 9.47 Å². The van der Waals surface area contributed by atoms with E-state index in [1.54, 1.807) is 4.90 Å². The largest absolute Gasteiger partial charge is 0.487 e. The van der Waals surface area contributed by atoms with Crippen LogP contribution in [0.4, 0.5) is 5.69 Å². The number of nitrogens with zero attached hydrogens (tertiary/aromatic N) is 3. The van der Waals surface area contributed by atoms with Crippen LogP contribution >= 0.6 is 0 Å². The number of carbonyl (C=O) groups excluding carboxylic acids is 1. The summed E-state index contributed by atoms with van der Waals surface area (Å²) in [7, 11) is 1.49. The summed E-state index contributed by atoms with van der Waals surface area (Å²) in [5, 5.41) is 0. The molecule has 0 spiro atoms. The third-order valence-electron chi connectivity index (χ3n) is 3.46. The summed E-state index contributed by atoms with van der Waals surface area (Å²) in [5.74, 6) is 0.804. The minimum atomic E-state index is -0.214. The Bertz CT molecular complexity index is 718. The number of hydrogen-bond donors (Lipinski definition) is 0. The van der Waals surface area contributed by atoms with Gasteiger partial charge >= 0.3 is 0 Å². The molecule has 6 heteroatoms. The van der Waals surface area contributed by atoms with Gasteiger partial charge in [0.1, 0.15) is 11.9 Å². The number of aromatic nitrogens is 2. The molecule has 0 fully saturated rings. The molecule has 1 aromatic carbocycles. The maximum absolute atomic E-state index is 12.8. The smallest absolute Gasteiger partial charge is 0.278 e. The van der Waals surface area contributed by atoms with E-state index >= 15 is 0 Å². The first kappa shape index (κ1) is 14.3. The molecule has 0 saturated carbocycles. The Morgan fingerprint density at radius 2 is 2.23 bits per heavy atom. The average Bonchev–Trinajstić information content (AvgIpc) is 2.54. The lowest BCUT2D eigenvalue weighted by molar-refractivity contribution is 0.0955. The summed E-state index contributed by atoms with van der Waals surface area (Å²) < 4.78 is 10.8. The van der Waals surface area contributed by atoms with Crippen molar-refractivity contribution in [3.05, 3.63) is 41.9 Å².